The Bertz CT molecular complexity index is 320. The molecule has 2 heterocycles. The van der Waals surface area contributed by atoms with Gasteiger partial charge in [0.15, 0.2) is 0 Å². The molecular formula is C9H15N3O4. The minimum Gasteiger partial charge on any atom is -0.394 e. The quantitative estimate of drug-likeness (QED) is 0.541. The van der Waals surface area contributed by atoms with E-state index in [4.69, 9.17) is 15.6 Å². The van der Waals surface area contributed by atoms with Crippen molar-refractivity contribution in [2.24, 2.45) is 10.7 Å². The lowest BCUT2D eigenvalue weighted by atomic mass is 10.2. The molecule has 0 aliphatic carbocycles. The topological polar surface area (TPSA) is 108 Å². The molecule has 0 aromatic carbocycles. The Hall–Kier alpha value is -1.18. The summed E-state index contributed by atoms with van der Waals surface area (Å²) < 4.78 is 5.36. The Morgan fingerprint density at radius 1 is 1.62 bits per heavy atom. The Morgan fingerprint density at radius 2 is 2.38 bits per heavy atom. The van der Waals surface area contributed by atoms with Crippen LogP contribution in [0.3, 0.4) is 0 Å². The van der Waals surface area contributed by atoms with Gasteiger partial charge in [-0.3, -0.25) is 4.90 Å². The largest absolute Gasteiger partial charge is 0.394 e. The number of nitrogens with zero attached hydrogens (tertiary/aromatic N) is 2. The van der Waals surface area contributed by atoms with Crippen LogP contribution in [0, 0.1) is 0 Å². The number of aliphatic hydroxyl groups is 2. The number of hydrogen-bond donors (Lipinski definition) is 3. The zero-order valence-electron chi connectivity index (χ0n) is 8.74. The van der Waals surface area contributed by atoms with Crippen LogP contribution in [0.1, 0.15) is 12.8 Å². The summed E-state index contributed by atoms with van der Waals surface area (Å²) >= 11 is 0. The molecule has 0 spiro atoms. The summed E-state index contributed by atoms with van der Waals surface area (Å²) in [4.78, 5) is 16.6. The lowest BCUT2D eigenvalue weighted by Crippen LogP contribution is -2.44. The van der Waals surface area contributed by atoms with Crippen LogP contribution in [0.4, 0.5) is 4.79 Å². The molecule has 2 aliphatic rings. The third-order valence-corrected chi connectivity index (χ3v) is 2.83. The van der Waals surface area contributed by atoms with Gasteiger partial charge in [0.25, 0.3) is 0 Å². The third-order valence-electron chi connectivity index (χ3n) is 2.83. The van der Waals surface area contributed by atoms with E-state index >= 15 is 0 Å². The second-order valence-corrected chi connectivity index (χ2v) is 3.94. The molecule has 90 valence electrons. The third kappa shape index (κ3) is 2.01. The van der Waals surface area contributed by atoms with Crippen LogP contribution in [-0.2, 0) is 4.74 Å². The first-order valence-electron chi connectivity index (χ1n) is 5.20. The van der Waals surface area contributed by atoms with Crippen molar-refractivity contribution in [3.63, 3.8) is 0 Å². The van der Waals surface area contributed by atoms with Gasteiger partial charge in [-0.2, -0.15) is 4.99 Å². The van der Waals surface area contributed by atoms with E-state index in [1.54, 1.807) is 0 Å². The normalized spacial score (nSPS) is 35.4. The van der Waals surface area contributed by atoms with E-state index in [0.717, 1.165) is 0 Å². The zero-order valence-corrected chi connectivity index (χ0v) is 8.74. The van der Waals surface area contributed by atoms with Crippen LogP contribution in [0.15, 0.2) is 4.99 Å². The molecule has 3 unspecified atom stereocenters. The Labute approximate surface area is 92.5 Å². The van der Waals surface area contributed by atoms with Crippen molar-refractivity contribution in [2.45, 2.75) is 31.3 Å². The first kappa shape index (κ1) is 11.3. The van der Waals surface area contributed by atoms with Crippen molar-refractivity contribution in [2.75, 3.05) is 13.2 Å². The molecule has 4 N–H and O–H groups in total. The van der Waals surface area contributed by atoms with Gasteiger partial charge in [0.05, 0.1) is 12.7 Å². The monoisotopic (exact) mass is 229 g/mol. The molecule has 1 fully saturated rings. The van der Waals surface area contributed by atoms with Gasteiger partial charge in [-0.05, 0) is 0 Å². The first-order valence-corrected chi connectivity index (χ1v) is 5.20. The Morgan fingerprint density at radius 3 is 2.94 bits per heavy atom. The highest BCUT2D eigenvalue weighted by Gasteiger charge is 2.39. The fourth-order valence-corrected chi connectivity index (χ4v) is 1.91. The van der Waals surface area contributed by atoms with Crippen LogP contribution >= 0.6 is 0 Å². The maximum Gasteiger partial charge on any atom is 0.347 e. The molecule has 2 amide bonds. The lowest BCUT2D eigenvalue weighted by Gasteiger charge is -2.29. The number of ether oxygens (including phenoxy) is 1. The highest BCUT2D eigenvalue weighted by Crippen LogP contribution is 2.24. The number of carbonyl (C=O) groups excluding carboxylic acids is 1. The number of amides is 2. The molecule has 0 aromatic rings. The molecular weight excluding hydrogens is 214 g/mol. The van der Waals surface area contributed by atoms with Gasteiger partial charge in [-0.1, -0.05) is 0 Å². The smallest absolute Gasteiger partial charge is 0.347 e. The second-order valence-electron chi connectivity index (χ2n) is 3.94. The average molecular weight is 229 g/mol. The average Bonchev–Trinajstić information content (AvgIpc) is 2.59. The standard InChI is InChI=1S/C9H15N3O4/c10-7-1-2-12(9(15)11-7)8-3-5(14)6(4-13)16-8/h5-6,8,13-14H,1-4H2,(H2,10,11,15). The number of aliphatic hydroxyl groups excluding tert-OH is 2. The predicted octanol–water partition coefficient (Wildman–Crippen LogP) is -1.36. The minimum absolute atomic E-state index is 0.259. The van der Waals surface area contributed by atoms with Crippen molar-refractivity contribution >= 4 is 11.9 Å². The SMILES string of the molecule is NC1=NC(=O)N(C2CC(O)C(CO)O2)CC1. The highest BCUT2D eigenvalue weighted by atomic mass is 16.5. The van der Waals surface area contributed by atoms with Crippen molar-refractivity contribution in [1.29, 1.82) is 0 Å². The predicted molar refractivity (Wildman–Crippen MR) is 54.7 cm³/mol. The van der Waals surface area contributed by atoms with Crippen molar-refractivity contribution in [3.05, 3.63) is 0 Å². The molecule has 0 radical (unpaired) electrons. The van der Waals surface area contributed by atoms with Crippen LogP contribution in [-0.4, -0.2) is 58.6 Å². The van der Waals surface area contributed by atoms with Gasteiger partial charge >= 0.3 is 6.03 Å². The van der Waals surface area contributed by atoms with Gasteiger partial charge in [0, 0.05) is 19.4 Å². The summed E-state index contributed by atoms with van der Waals surface area (Å²) in [7, 11) is 0. The maximum atomic E-state index is 11.5. The van der Waals surface area contributed by atoms with E-state index in [1.165, 1.54) is 4.90 Å². The molecule has 0 saturated carbocycles. The highest BCUT2D eigenvalue weighted by molar-refractivity contribution is 5.95. The lowest BCUT2D eigenvalue weighted by molar-refractivity contribution is -0.0631. The number of rotatable bonds is 2. The molecule has 1 saturated heterocycles. The molecule has 2 aliphatic heterocycles. The minimum atomic E-state index is -0.744. The van der Waals surface area contributed by atoms with E-state index in [2.05, 4.69) is 4.99 Å². The van der Waals surface area contributed by atoms with Crippen LogP contribution < -0.4 is 5.73 Å². The van der Waals surface area contributed by atoms with Crippen LogP contribution in [0.25, 0.3) is 0 Å². The summed E-state index contributed by atoms with van der Waals surface area (Å²) in [6.45, 7) is 0.175. The van der Waals surface area contributed by atoms with Gasteiger partial charge in [-0.15, -0.1) is 0 Å². The van der Waals surface area contributed by atoms with E-state index in [0.29, 0.717) is 25.2 Å². The Kier molecular flexibility index (Phi) is 3.08. The van der Waals surface area contributed by atoms with Crippen molar-refractivity contribution in [3.8, 4) is 0 Å². The van der Waals surface area contributed by atoms with Gasteiger partial charge in [0.1, 0.15) is 18.2 Å². The summed E-state index contributed by atoms with van der Waals surface area (Å²) in [6, 6.07) is -0.445. The number of nitrogens with two attached hydrogens (primary N) is 1. The Balaban J connectivity index is 2.02. The van der Waals surface area contributed by atoms with Crippen LogP contribution in [0.2, 0.25) is 0 Å². The molecule has 16 heavy (non-hydrogen) atoms. The molecule has 3 atom stereocenters. The fourth-order valence-electron chi connectivity index (χ4n) is 1.91. The van der Waals surface area contributed by atoms with E-state index in [1.807, 2.05) is 0 Å². The number of aliphatic imine (C=N–C) groups is 1. The van der Waals surface area contributed by atoms with Gasteiger partial charge in [0.2, 0.25) is 0 Å². The number of hydrogen-bond acceptors (Lipinski definition) is 5. The zero-order chi connectivity index (χ0) is 11.7. The molecule has 7 nitrogen and oxygen atoms in total. The van der Waals surface area contributed by atoms with Crippen molar-refractivity contribution in [1.82, 2.24) is 4.90 Å². The molecule has 0 aromatic heterocycles. The van der Waals surface area contributed by atoms with E-state index < -0.39 is 24.5 Å². The number of carbonyl (C=O) groups is 1. The molecule has 2 rings (SSSR count). The van der Waals surface area contributed by atoms with Crippen molar-refractivity contribution < 1.29 is 19.7 Å². The van der Waals surface area contributed by atoms with E-state index in [-0.39, 0.29) is 6.61 Å². The summed E-state index contributed by atoms with van der Waals surface area (Å²) in [5, 5.41) is 18.5. The van der Waals surface area contributed by atoms with Gasteiger partial charge in [-0.25, -0.2) is 4.79 Å². The van der Waals surface area contributed by atoms with Gasteiger partial charge < -0.3 is 20.7 Å². The summed E-state index contributed by atoms with van der Waals surface area (Å²) in [5.74, 6) is 0.318. The van der Waals surface area contributed by atoms with E-state index in [9.17, 15) is 9.90 Å². The maximum absolute atomic E-state index is 11.5. The van der Waals surface area contributed by atoms with Crippen LogP contribution in [0.5, 0.6) is 0 Å². The fraction of sp³-hybridized carbons (Fsp3) is 0.778. The second kappa shape index (κ2) is 4.36. The molecule has 0 bridgehead atoms. The summed E-state index contributed by atoms with van der Waals surface area (Å²) in [5.41, 5.74) is 5.44. The number of amidine groups is 1. The summed E-state index contributed by atoms with van der Waals surface area (Å²) in [6.07, 6.45) is -1.08. The molecule has 7 heteroatoms. The first-order chi connectivity index (χ1) is 7.61. The number of urea groups is 1.